The van der Waals surface area contributed by atoms with Crippen molar-refractivity contribution in [2.75, 3.05) is 10.6 Å². The number of primary amides is 1. The summed E-state index contributed by atoms with van der Waals surface area (Å²) in [6.45, 7) is 0. The van der Waals surface area contributed by atoms with Gasteiger partial charge in [0, 0.05) is 11.8 Å². The van der Waals surface area contributed by atoms with Gasteiger partial charge in [0.2, 0.25) is 10.0 Å². The molecule has 0 atom stereocenters. The third-order valence-electron chi connectivity index (χ3n) is 4.25. The molecule has 0 saturated carbocycles. The highest BCUT2D eigenvalue weighted by atomic mass is 32.2. The molecule has 32 heavy (non-hydrogen) atoms. The van der Waals surface area contributed by atoms with E-state index in [1.165, 1.54) is 24.5 Å². The van der Waals surface area contributed by atoms with Crippen LogP contribution in [0.5, 0.6) is 0 Å². The quantitative estimate of drug-likeness (QED) is 0.419. The molecule has 2 amide bonds. The van der Waals surface area contributed by atoms with Crippen molar-refractivity contribution < 1.29 is 30.8 Å². The summed E-state index contributed by atoms with van der Waals surface area (Å²) in [6.07, 6.45) is -3.33. The first kappa shape index (κ1) is 23.6. The molecular weight excluding hydrogens is 474 g/mol. The second kappa shape index (κ2) is 8.44. The van der Waals surface area contributed by atoms with Gasteiger partial charge in [-0.05, 0) is 60.5 Å². The maximum absolute atomic E-state index is 14.1. The molecule has 8 nitrogen and oxygen atoms in total. The first-order valence-electron chi connectivity index (χ1n) is 8.57. The van der Waals surface area contributed by atoms with E-state index in [9.17, 15) is 30.8 Å². The third kappa shape index (κ3) is 4.71. The van der Waals surface area contributed by atoms with Crippen LogP contribution in [-0.4, -0.2) is 30.5 Å². The molecule has 0 fully saturated rings. The van der Waals surface area contributed by atoms with Crippen molar-refractivity contribution >= 4 is 33.7 Å². The number of amides is 2. The van der Waals surface area contributed by atoms with Crippen LogP contribution in [-0.2, 0) is 16.2 Å². The number of nitrogens with two attached hydrogens (primary N) is 2. The topological polar surface area (TPSA) is 124 Å². The number of aromatic nitrogens is 2. The lowest BCUT2D eigenvalue weighted by molar-refractivity contribution is -0.141. The van der Waals surface area contributed by atoms with Gasteiger partial charge in [0.15, 0.2) is 5.69 Å². The number of nitrogens with zero attached hydrogens (tertiary/aromatic N) is 3. The van der Waals surface area contributed by atoms with E-state index in [0.29, 0.717) is 6.07 Å². The Morgan fingerprint density at radius 1 is 1.12 bits per heavy atom. The summed E-state index contributed by atoms with van der Waals surface area (Å²) in [6, 6.07) is 7.48. The molecule has 0 unspecified atom stereocenters. The van der Waals surface area contributed by atoms with Crippen LogP contribution in [0, 0.1) is 5.82 Å². The number of urea groups is 1. The summed E-state index contributed by atoms with van der Waals surface area (Å²) in [5.41, 5.74) is 3.81. The van der Waals surface area contributed by atoms with Crippen LogP contribution in [0.25, 0.3) is 16.9 Å². The minimum Gasteiger partial charge on any atom is -0.350 e. The Balaban J connectivity index is 2.30. The molecule has 170 valence electrons. The second-order valence-corrected chi connectivity index (χ2v) is 8.63. The van der Waals surface area contributed by atoms with Gasteiger partial charge < -0.3 is 5.73 Å². The van der Waals surface area contributed by atoms with Gasteiger partial charge in [-0.2, -0.15) is 18.3 Å². The summed E-state index contributed by atoms with van der Waals surface area (Å²) >= 11 is 0.868. The Bertz CT molecular complexity index is 1270. The predicted octanol–water partition coefficient (Wildman–Crippen LogP) is 3.51. The smallest absolute Gasteiger partial charge is 0.350 e. The van der Waals surface area contributed by atoms with E-state index in [0.717, 1.165) is 45.2 Å². The van der Waals surface area contributed by atoms with E-state index in [2.05, 4.69) is 5.10 Å². The predicted molar refractivity (Wildman–Crippen MR) is 111 cm³/mol. The molecule has 0 bridgehead atoms. The zero-order valence-electron chi connectivity index (χ0n) is 16.2. The average molecular weight is 489 g/mol. The maximum atomic E-state index is 14.1. The van der Waals surface area contributed by atoms with Crippen molar-refractivity contribution in [2.24, 2.45) is 10.9 Å². The van der Waals surface area contributed by atoms with Crippen LogP contribution >= 0.6 is 11.9 Å². The summed E-state index contributed by atoms with van der Waals surface area (Å²) in [4.78, 5) is 11.5. The molecule has 3 rings (SSSR count). The highest BCUT2D eigenvalue weighted by Gasteiger charge is 2.36. The molecule has 3 aromatic rings. The molecule has 1 aromatic heterocycles. The number of hydrogen-bond acceptors (Lipinski definition) is 5. The number of alkyl halides is 3. The van der Waals surface area contributed by atoms with E-state index < -0.39 is 33.7 Å². The zero-order chi connectivity index (χ0) is 23.8. The molecule has 0 spiro atoms. The lowest BCUT2D eigenvalue weighted by atomic mass is 10.1. The lowest BCUT2D eigenvalue weighted by Gasteiger charge is -2.21. The SMILES string of the molecule is CSN(C(N)=O)c1ccc(F)cc1-c1cc(C(F)(F)F)nn1-c1ccc(S(N)(=O)=O)cc1. The van der Waals surface area contributed by atoms with Gasteiger partial charge in [-0.1, -0.05) is 0 Å². The number of anilines is 1. The molecule has 0 saturated heterocycles. The van der Waals surface area contributed by atoms with Crippen LogP contribution in [0.3, 0.4) is 0 Å². The largest absolute Gasteiger partial charge is 0.435 e. The van der Waals surface area contributed by atoms with Crippen molar-refractivity contribution in [3.8, 4) is 16.9 Å². The number of benzene rings is 2. The number of carbonyl (C=O) groups excluding carboxylic acids is 1. The van der Waals surface area contributed by atoms with Gasteiger partial charge in [0.25, 0.3) is 0 Å². The minimum atomic E-state index is -4.84. The standard InChI is InChI=1S/C18H15F4N5O3S2/c1-31-27(17(23)28)14-7-2-10(19)8-13(14)15-9-16(18(20,21)22)25-26(15)11-3-5-12(6-4-11)32(24,29)30/h2-9H,1H3,(H2,23,28)(H2,24,29,30). The molecular formula is C18H15F4N5O3S2. The van der Waals surface area contributed by atoms with Crippen molar-refractivity contribution in [3.05, 3.63) is 60.0 Å². The molecule has 0 aliphatic heterocycles. The van der Waals surface area contributed by atoms with Crippen molar-refractivity contribution in [1.82, 2.24) is 9.78 Å². The summed E-state index contributed by atoms with van der Waals surface area (Å²) in [5, 5.41) is 8.62. The van der Waals surface area contributed by atoms with E-state index in [1.807, 2.05) is 0 Å². The highest BCUT2D eigenvalue weighted by molar-refractivity contribution is 8.00. The average Bonchev–Trinajstić information content (AvgIpc) is 3.14. The maximum Gasteiger partial charge on any atom is 0.435 e. The van der Waals surface area contributed by atoms with E-state index >= 15 is 0 Å². The number of primary sulfonamides is 1. The Morgan fingerprint density at radius 2 is 1.75 bits per heavy atom. The molecule has 4 N–H and O–H groups in total. The molecule has 0 aliphatic rings. The number of halogens is 4. The fraction of sp³-hybridized carbons (Fsp3) is 0.111. The number of hydrogen-bond donors (Lipinski definition) is 2. The molecule has 0 aliphatic carbocycles. The number of sulfonamides is 1. The van der Waals surface area contributed by atoms with Gasteiger partial charge in [-0.15, -0.1) is 0 Å². The Labute approximate surface area is 184 Å². The van der Waals surface area contributed by atoms with Crippen molar-refractivity contribution in [3.63, 3.8) is 0 Å². The Hall–Kier alpha value is -3.10. The summed E-state index contributed by atoms with van der Waals surface area (Å²) < 4.78 is 79.2. The first-order valence-corrected chi connectivity index (χ1v) is 11.3. The summed E-state index contributed by atoms with van der Waals surface area (Å²) in [7, 11) is -4.04. The monoisotopic (exact) mass is 489 g/mol. The Morgan fingerprint density at radius 3 is 2.25 bits per heavy atom. The fourth-order valence-electron chi connectivity index (χ4n) is 2.88. The van der Waals surface area contributed by atoms with Gasteiger partial charge in [-0.25, -0.2) is 31.7 Å². The summed E-state index contributed by atoms with van der Waals surface area (Å²) in [5.74, 6) is -0.778. The highest BCUT2D eigenvalue weighted by Crippen LogP contribution is 2.38. The first-order chi connectivity index (χ1) is 14.8. The second-order valence-electron chi connectivity index (χ2n) is 6.34. The minimum absolute atomic E-state index is 0.0300. The molecule has 0 radical (unpaired) electrons. The van der Waals surface area contributed by atoms with Crippen LogP contribution in [0.4, 0.5) is 28.0 Å². The van der Waals surface area contributed by atoms with Gasteiger partial charge in [-0.3, -0.25) is 0 Å². The van der Waals surface area contributed by atoms with E-state index in [4.69, 9.17) is 10.9 Å². The zero-order valence-corrected chi connectivity index (χ0v) is 17.8. The lowest BCUT2D eigenvalue weighted by Crippen LogP contribution is -2.29. The van der Waals surface area contributed by atoms with Gasteiger partial charge >= 0.3 is 12.2 Å². The van der Waals surface area contributed by atoms with Crippen LogP contribution in [0.2, 0.25) is 0 Å². The van der Waals surface area contributed by atoms with Crippen LogP contribution in [0.15, 0.2) is 53.4 Å². The Kier molecular flexibility index (Phi) is 6.22. The molecule has 2 aromatic carbocycles. The van der Waals surface area contributed by atoms with E-state index in [1.54, 1.807) is 0 Å². The normalized spacial score (nSPS) is 12.1. The van der Waals surface area contributed by atoms with Crippen molar-refractivity contribution in [1.29, 1.82) is 0 Å². The number of rotatable bonds is 5. The molecule has 1 heterocycles. The van der Waals surface area contributed by atoms with Gasteiger partial charge in [0.05, 0.1) is 22.0 Å². The van der Waals surface area contributed by atoms with E-state index in [-0.39, 0.29) is 27.5 Å². The third-order valence-corrected chi connectivity index (χ3v) is 5.92. The fourth-order valence-corrected chi connectivity index (χ4v) is 3.93. The van der Waals surface area contributed by atoms with Crippen molar-refractivity contribution in [2.45, 2.75) is 11.1 Å². The van der Waals surface area contributed by atoms with Gasteiger partial charge in [0.1, 0.15) is 5.82 Å². The van der Waals surface area contributed by atoms with Crippen LogP contribution < -0.4 is 15.2 Å². The van der Waals surface area contributed by atoms with Crippen LogP contribution in [0.1, 0.15) is 5.69 Å². The number of carbonyl (C=O) groups is 1. The molecule has 14 heteroatoms.